The molecule has 2 N–H and O–H groups in total. The van der Waals surface area contributed by atoms with Crippen molar-refractivity contribution in [3.8, 4) is 5.75 Å². The van der Waals surface area contributed by atoms with Crippen LogP contribution in [0.3, 0.4) is 0 Å². The van der Waals surface area contributed by atoms with Gasteiger partial charge in [0.1, 0.15) is 5.75 Å². The van der Waals surface area contributed by atoms with Crippen LogP contribution in [0.2, 0.25) is 5.02 Å². The van der Waals surface area contributed by atoms with E-state index in [9.17, 15) is 13.2 Å². The highest BCUT2D eigenvalue weighted by molar-refractivity contribution is 7.89. The van der Waals surface area contributed by atoms with Crippen molar-refractivity contribution in [2.75, 3.05) is 11.9 Å². The molecule has 1 amide bonds. The molecule has 2 aromatic rings. The molecular weight excluding hydrogens is 376 g/mol. The zero-order valence-electron chi connectivity index (χ0n) is 14.7. The van der Waals surface area contributed by atoms with E-state index in [0.29, 0.717) is 22.0 Å². The van der Waals surface area contributed by atoms with Crippen molar-refractivity contribution >= 4 is 33.2 Å². The van der Waals surface area contributed by atoms with E-state index in [1.165, 1.54) is 12.1 Å². The van der Waals surface area contributed by atoms with E-state index in [2.05, 4.69) is 10.0 Å². The normalized spacial score (nSPS) is 11.4. The maximum absolute atomic E-state index is 12.3. The molecule has 0 radical (unpaired) electrons. The van der Waals surface area contributed by atoms with E-state index in [-0.39, 0.29) is 11.0 Å². The van der Waals surface area contributed by atoms with Crippen molar-refractivity contribution in [3.05, 3.63) is 53.1 Å². The predicted molar refractivity (Wildman–Crippen MR) is 102 cm³/mol. The smallest absolute Gasteiger partial charge is 0.241 e. The monoisotopic (exact) mass is 396 g/mol. The minimum atomic E-state index is -3.80. The number of hydrogen-bond donors (Lipinski definition) is 2. The number of rotatable bonds is 7. The largest absolute Gasteiger partial charge is 0.491 e. The second-order valence-corrected chi connectivity index (χ2v) is 8.10. The van der Waals surface area contributed by atoms with Crippen LogP contribution < -0.4 is 14.8 Å². The Kier molecular flexibility index (Phi) is 6.63. The first kappa shape index (κ1) is 20.2. The molecule has 0 aliphatic rings. The lowest BCUT2D eigenvalue weighted by molar-refractivity contribution is -0.115. The van der Waals surface area contributed by atoms with Gasteiger partial charge in [0.25, 0.3) is 0 Å². The second kappa shape index (κ2) is 8.53. The third-order valence-electron chi connectivity index (χ3n) is 3.47. The van der Waals surface area contributed by atoms with Gasteiger partial charge in [0.15, 0.2) is 0 Å². The summed E-state index contributed by atoms with van der Waals surface area (Å²) in [5.41, 5.74) is 1.25. The van der Waals surface area contributed by atoms with Gasteiger partial charge in [-0.15, -0.1) is 0 Å². The Labute approximate surface area is 158 Å². The van der Waals surface area contributed by atoms with Gasteiger partial charge < -0.3 is 10.1 Å². The number of halogens is 1. The number of anilines is 1. The van der Waals surface area contributed by atoms with E-state index in [4.69, 9.17) is 16.3 Å². The summed E-state index contributed by atoms with van der Waals surface area (Å²) in [6.07, 6.45) is -0.00535. The highest BCUT2D eigenvalue weighted by Gasteiger charge is 2.16. The van der Waals surface area contributed by atoms with Crippen molar-refractivity contribution in [2.45, 2.75) is 31.8 Å². The van der Waals surface area contributed by atoms with Gasteiger partial charge in [-0.2, -0.15) is 0 Å². The molecule has 8 heteroatoms. The Morgan fingerprint density at radius 3 is 2.42 bits per heavy atom. The standard InChI is InChI=1S/C18H21ClN2O4S/c1-12(2)25-14-7-9-15(10-8-14)26(23,24)20-11-18(22)21-17-6-4-5-16(19)13(17)3/h4-10,12,20H,11H2,1-3H3,(H,21,22). The molecule has 0 aliphatic heterocycles. The van der Waals surface area contributed by atoms with E-state index in [1.807, 2.05) is 13.8 Å². The summed E-state index contributed by atoms with van der Waals surface area (Å²) in [5.74, 6) is 0.0897. The molecule has 0 saturated carbocycles. The summed E-state index contributed by atoms with van der Waals surface area (Å²) in [4.78, 5) is 12.1. The van der Waals surface area contributed by atoms with Gasteiger partial charge >= 0.3 is 0 Å². The molecule has 140 valence electrons. The Balaban J connectivity index is 1.98. The van der Waals surface area contributed by atoms with Crippen molar-refractivity contribution < 1.29 is 17.9 Å². The van der Waals surface area contributed by atoms with Crippen molar-refractivity contribution in [3.63, 3.8) is 0 Å². The molecule has 0 aliphatic carbocycles. The van der Waals surface area contributed by atoms with E-state index < -0.39 is 22.5 Å². The summed E-state index contributed by atoms with van der Waals surface area (Å²) in [6.45, 7) is 5.14. The van der Waals surface area contributed by atoms with Crippen LogP contribution in [0, 0.1) is 6.92 Å². The molecule has 0 aromatic heterocycles. The van der Waals surface area contributed by atoms with Crippen LogP contribution >= 0.6 is 11.6 Å². The van der Waals surface area contributed by atoms with Crippen LogP contribution in [0.1, 0.15) is 19.4 Å². The molecule has 0 bridgehead atoms. The van der Waals surface area contributed by atoms with Crippen molar-refractivity contribution in [1.29, 1.82) is 0 Å². The maximum atomic E-state index is 12.3. The number of nitrogens with one attached hydrogen (secondary N) is 2. The molecule has 0 atom stereocenters. The first-order valence-corrected chi connectivity index (χ1v) is 9.86. The Morgan fingerprint density at radius 1 is 1.15 bits per heavy atom. The molecule has 0 spiro atoms. The topological polar surface area (TPSA) is 84.5 Å². The zero-order valence-corrected chi connectivity index (χ0v) is 16.3. The fourth-order valence-corrected chi connectivity index (χ4v) is 3.31. The van der Waals surface area contributed by atoms with Crippen molar-refractivity contribution in [1.82, 2.24) is 4.72 Å². The van der Waals surface area contributed by atoms with Crippen LogP contribution in [-0.4, -0.2) is 27.0 Å². The zero-order chi connectivity index (χ0) is 19.3. The fourth-order valence-electron chi connectivity index (χ4n) is 2.15. The van der Waals surface area contributed by atoms with Gasteiger partial charge in [0.2, 0.25) is 15.9 Å². The molecule has 0 saturated heterocycles. The van der Waals surface area contributed by atoms with Gasteiger partial charge in [-0.05, 0) is 62.7 Å². The van der Waals surface area contributed by atoms with Gasteiger partial charge in [-0.1, -0.05) is 17.7 Å². The van der Waals surface area contributed by atoms with E-state index in [1.54, 1.807) is 37.3 Å². The molecule has 0 unspecified atom stereocenters. The lowest BCUT2D eigenvalue weighted by Gasteiger charge is -2.12. The van der Waals surface area contributed by atoms with Gasteiger partial charge in [0.05, 0.1) is 17.5 Å². The van der Waals surface area contributed by atoms with Crippen LogP contribution in [0.15, 0.2) is 47.4 Å². The highest BCUT2D eigenvalue weighted by atomic mass is 35.5. The Hall–Kier alpha value is -2.09. The van der Waals surface area contributed by atoms with Crippen LogP contribution in [0.5, 0.6) is 5.75 Å². The summed E-state index contributed by atoms with van der Waals surface area (Å²) in [6, 6.07) is 11.1. The molecular formula is C18H21ClN2O4S. The summed E-state index contributed by atoms with van der Waals surface area (Å²) >= 11 is 6.00. The maximum Gasteiger partial charge on any atom is 0.241 e. The third kappa shape index (κ3) is 5.45. The lowest BCUT2D eigenvalue weighted by atomic mass is 10.2. The number of carbonyl (C=O) groups excluding carboxylic acids is 1. The summed E-state index contributed by atoms with van der Waals surface area (Å²) in [7, 11) is -3.80. The van der Waals surface area contributed by atoms with Crippen LogP contribution in [-0.2, 0) is 14.8 Å². The van der Waals surface area contributed by atoms with Crippen LogP contribution in [0.4, 0.5) is 5.69 Å². The molecule has 26 heavy (non-hydrogen) atoms. The number of benzene rings is 2. The van der Waals surface area contributed by atoms with Crippen LogP contribution in [0.25, 0.3) is 0 Å². The van der Waals surface area contributed by atoms with E-state index >= 15 is 0 Å². The van der Waals surface area contributed by atoms with Gasteiger partial charge in [-0.25, -0.2) is 13.1 Å². The summed E-state index contributed by atoms with van der Waals surface area (Å²) in [5, 5.41) is 3.16. The molecule has 2 rings (SSSR count). The van der Waals surface area contributed by atoms with Crippen molar-refractivity contribution in [2.24, 2.45) is 0 Å². The third-order valence-corrected chi connectivity index (χ3v) is 5.30. The average molecular weight is 397 g/mol. The minimum absolute atomic E-state index is 0.00535. The van der Waals surface area contributed by atoms with Gasteiger partial charge in [-0.3, -0.25) is 4.79 Å². The first-order chi connectivity index (χ1) is 12.2. The average Bonchev–Trinajstić information content (AvgIpc) is 2.57. The second-order valence-electron chi connectivity index (χ2n) is 5.92. The SMILES string of the molecule is Cc1c(Cl)cccc1NC(=O)CNS(=O)(=O)c1ccc(OC(C)C)cc1. The molecule has 6 nitrogen and oxygen atoms in total. The number of hydrogen-bond acceptors (Lipinski definition) is 4. The number of carbonyl (C=O) groups is 1. The quantitative estimate of drug-likeness (QED) is 0.751. The number of ether oxygens (including phenoxy) is 1. The van der Waals surface area contributed by atoms with E-state index in [0.717, 1.165) is 0 Å². The molecule has 2 aromatic carbocycles. The molecule has 0 fully saturated rings. The predicted octanol–water partition coefficient (Wildman–Crippen LogP) is 3.35. The van der Waals surface area contributed by atoms with Gasteiger partial charge in [0, 0.05) is 10.7 Å². The number of amides is 1. The number of sulfonamides is 1. The Bertz CT molecular complexity index is 881. The first-order valence-electron chi connectivity index (χ1n) is 8.00. The molecule has 0 heterocycles. The fraction of sp³-hybridized carbons (Fsp3) is 0.278. The lowest BCUT2D eigenvalue weighted by Crippen LogP contribution is -2.33. The highest BCUT2D eigenvalue weighted by Crippen LogP contribution is 2.22. The minimum Gasteiger partial charge on any atom is -0.491 e. The Morgan fingerprint density at radius 2 is 1.81 bits per heavy atom. The summed E-state index contributed by atoms with van der Waals surface area (Å²) < 4.78 is 32.3.